The third kappa shape index (κ3) is 67.2. The average molecular weight is 1140 g/mol. The van der Waals surface area contributed by atoms with E-state index >= 15 is 0 Å². The summed E-state index contributed by atoms with van der Waals surface area (Å²) >= 11 is 0. The van der Waals surface area contributed by atoms with Crippen LogP contribution in [0.5, 0.6) is 0 Å². The van der Waals surface area contributed by atoms with Crippen LogP contribution in [0.4, 0.5) is 0 Å². The zero-order valence-electron chi connectivity index (χ0n) is 53.1. The second kappa shape index (κ2) is 69.0. The van der Waals surface area contributed by atoms with Crippen LogP contribution in [0.1, 0.15) is 265 Å². The third-order valence-electron chi connectivity index (χ3n) is 13.4. The van der Waals surface area contributed by atoms with Crippen molar-refractivity contribution in [2.45, 2.75) is 271 Å². The van der Waals surface area contributed by atoms with E-state index in [9.17, 15) is 14.4 Å². The maximum absolute atomic E-state index is 12.9. The molecule has 0 rings (SSSR count). The largest absolute Gasteiger partial charge is 0.462 e. The van der Waals surface area contributed by atoms with Crippen LogP contribution in [0.2, 0.25) is 0 Å². The molecule has 0 aromatic carbocycles. The molecule has 6 heteroatoms. The fourth-order valence-electron chi connectivity index (χ4n) is 8.46. The molecule has 0 heterocycles. The summed E-state index contributed by atoms with van der Waals surface area (Å²) in [4.78, 5) is 38.3. The Morgan fingerprint density at radius 2 is 0.470 bits per heavy atom. The van der Waals surface area contributed by atoms with Crippen LogP contribution >= 0.6 is 0 Å². The first kappa shape index (κ1) is 77.5. The lowest BCUT2D eigenvalue weighted by molar-refractivity contribution is -0.167. The molecule has 0 aliphatic carbocycles. The smallest absolute Gasteiger partial charge is 0.306 e. The van der Waals surface area contributed by atoms with Gasteiger partial charge in [-0.1, -0.05) is 267 Å². The summed E-state index contributed by atoms with van der Waals surface area (Å²) < 4.78 is 16.9. The lowest BCUT2D eigenvalue weighted by Crippen LogP contribution is -2.30. The van der Waals surface area contributed by atoms with E-state index in [1.165, 1.54) is 38.5 Å². The molecule has 0 aliphatic heterocycles. The Hall–Kier alpha value is -5.49. The van der Waals surface area contributed by atoms with Gasteiger partial charge in [-0.05, 0) is 161 Å². The topological polar surface area (TPSA) is 78.9 Å². The Morgan fingerprint density at radius 1 is 0.253 bits per heavy atom. The van der Waals surface area contributed by atoms with Crippen molar-refractivity contribution in [3.8, 4) is 0 Å². The molecule has 6 nitrogen and oxygen atoms in total. The summed E-state index contributed by atoms with van der Waals surface area (Å²) in [6, 6.07) is 0. The van der Waals surface area contributed by atoms with Gasteiger partial charge in [-0.25, -0.2) is 0 Å². The Balaban J connectivity index is 4.42. The van der Waals surface area contributed by atoms with Crippen molar-refractivity contribution < 1.29 is 28.6 Å². The summed E-state index contributed by atoms with van der Waals surface area (Å²) in [7, 11) is 0. The predicted molar refractivity (Wildman–Crippen MR) is 361 cm³/mol. The van der Waals surface area contributed by atoms with Crippen molar-refractivity contribution in [1.29, 1.82) is 0 Å². The second-order valence-corrected chi connectivity index (χ2v) is 21.3. The van der Waals surface area contributed by atoms with Crippen molar-refractivity contribution in [2.24, 2.45) is 0 Å². The molecule has 0 radical (unpaired) electrons. The first-order valence-electron chi connectivity index (χ1n) is 33.3. The molecule has 83 heavy (non-hydrogen) atoms. The Bertz CT molecular complexity index is 1940. The molecule has 0 aromatic rings. The second-order valence-electron chi connectivity index (χ2n) is 21.3. The predicted octanol–water partition coefficient (Wildman–Crippen LogP) is 23.2. The number of hydrogen-bond donors (Lipinski definition) is 0. The van der Waals surface area contributed by atoms with Gasteiger partial charge in [-0.15, -0.1) is 0 Å². The standard InChI is InChI=1S/C77H120O6/c1-4-7-10-13-16-19-22-25-27-29-31-32-33-34-35-36-37-38-39-40-41-42-43-44-46-47-49-52-55-58-61-64-67-70-76(79)82-73-74(72-81-75(78)69-66-63-60-57-54-51-24-21-18-15-12-9-6-3)83-77(80)71-68-65-62-59-56-53-50-48-45-30-28-26-23-20-17-14-11-8-5-2/h7-8,10-11,16-17,19-21,24-28,31-32,34-35,37-38,40-41,43-45,47-49,53,56,74H,4-6,9,12-15,18,22-23,29-30,33,36,39,42,46,50-52,54-55,57-73H2,1-3H3/b10-7-,11-8-,19-16-,20-17-,24-21-,27-25-,28-26-,32-31-,35-34-,38-37-,41-40-,44-43-,48-45-,49-47-,56-53-. The number of esters is 3. The van der Waals surface area contributed by atoms with Crippen LogP contribution < -0.4 is 0 Å². The summed E-state index contributed by atoms with van der Waals surface area (Å²) in [6.07, 6.45) is 103. The van der Waals surface area contributed by atoms with Crippen LogP contribution in [0.15, 0.2) is 182 Å². The normalized spacial score (nSPS) is 13.3. The van der Waals surface area contributed by atoms with E-state index in [-0.39, 0.29) is 37.5 Å². The van der Waals surface area contributed by atoms with E-state index in [1.54, 1.807) is 0 Å². The van der Waals surface area contributed by atoms with E-state index < -0.39 is 6.10 Å². The first-order valence-corrected chi connectivity index (χ1v) is 33.3. The van der Waals surface area contributed by atoms with Crippen LogP contribution in [-0.2, 0) is 28.6 Å². The summed E-state index contributed by atoms with van der Waals surface area (Å²) in [5.74, 6) is -0.976. The highest BCUT2D eigenvalue weighted by Gasteiger charge is 2.19. The number of hydrogen-bond acceptors (Lipinski definition) is 6. The molecule has 0 saturated carbocycles. The number of allylic oxidation sites excluding steroid dienone is 30. The number of rotatable bonds is 58. The summed E-state index contributed by atoms with van der Waals surface area (Å²) in [6.45, 7) is 6.34. The van der Waals surface area contributed by atoms with Crippen molar-refractivity contribution in [3.63, 3.8) is 0 Å². The lowest BCUT2D eigenvalue weighted by Gasteiger charge is -2.18. The first-order chi connectivity index (χ1) is 41.0. The van der Waals surface area contributed by atoms with Crippen LogP contribution in [0.3, 0.4) is 0 Å². The molecule has 0 aromatic heterocycles. The summed E-state index contributed by atoms with van der Waals surface area (Å²) in [5, 5.41) is 0. The van der Waals surface area contributed by atoms with Gasteiger partial charge in [0.2, 0.25) is 0 Å². The number of carbonyl (C=O) groups is 3. The molecular weight excluding hydrogens is 1020 g/mol. The zero-order valence-corrected chi connectivity index (χ0v) is 53.1. The molecule has 0 fully saturated rings. The molecular formula is C77H120O6. The molecule has 0 bridgehead atoms. The molecule has 1 unspecified atom stereocenters. The van der Waals surface area contributed by atoms with E-state index in [1.807, 2.05) is 0 Å². The van der Waals surface area contributed by atoms with Crippen molar-refractivity contribution in [1.82, 2.24) is 0 Å². The lowest BCUT2D eigenvalue weighted by atomic mass is 10.1. The minimum atomic E-state index is -0.818. The zero-order chi connectivity index (χ0) is 59.9. The van der Waals surface area contributed by atoms with Gasteiger partial charge in [0.05, 0.1) is 0 Å². The highest BCUT2D eigenvalue weighted by Crippen LogP contribution is 2.13. The van der Waals surface area contributed by atoms with Gasteiger partial charge in [-0.3, -0.25) is 14.4 Å². The Morgan fingerprint density at radius 3 is 0.759 bits per heavy atom. The maximum atomic E-state index is 12.9. The van der Waals surface area contributed by atoms with E-state index in [4.69, 9.17) is 14.2 Å². The Labute approximate surface area is 510 Å². The van der Waals surface area contributed by atoms with E-state index in [0.29, 0.717) is 19.3 Å². The van der Waals surface area contributed by atoms with E-state index in [2.05, 4.69) is 203 Å². The van der Waals surface area contributed by atoms with Crippen molar-refractivity contribution >= 4 is 17.9 Å². The summed E-state index contributed by atoms with van der Waals surface area (Å²) in [5.41, 5.74) is 0. The van der Waals surface area contributed by atoms with Gasteiger partial charge in [0.1, 0.15) is 13.2 Å². The third-order valence-corrected chi connectivity index (χ3v) is 13.4. The van der Waals surface area contributed by atoms with Crippen molar-refractivity contribution in [2.75, 3.05) is 13.2 Å². The molecule has 0 saturated heterocycles. The highest BCUT2D eigenvalue weighted by molar-refractivity contribution is 5.71. The minimum absolute atomic E-state index is 0.110. The van der Waals surface area contributed by atoms with Crippen LogP contribution in [0, 0.1) is 0 Å². The van der Waals surface area contributed by atoms with Gasteiger partial charge < -0.3 is 14.2 Å². The van der Waals surface area contributed by atoms with Crippen LogP contribution in [0.25, 0.3) is 0 Å². The number of ether oxygens (including phenoxy) is 3. The highest BCUT2D eigenvalue weighted by atomic mass is 16.6. The van der Waals surface area contributed by atoms with Gasteiger partial charge in [-0.2, -0.15) is 0 Å². The molecule has 0 N–H and O–H groups in total. The maximum Gasteiger partial charge on any atom is 0.306 e. The number of unbranched alkanes of at least 4 members (excludes halogenated alkanes) is 17. The fourth-order valence-corrected chi connectivity index (χ4v) is 8.46. The molecule has 0 amide bonds. The SMILES string of the molecule is CC/C=C\C/C=C\C/C=C\C/C=C\C/C=C\C/C=C\C/C=C\C/C=C\C/C=C\CCCCCCCC(=O)OCC(COC(=O)CCCCCCC/C=C\CCCCCC)OC(=O)CCCCC/C=C\C/C=C\C/C=C\C/C=C\C/C=C\CC. The van der Waals surface area contributed by atoms with E-state index in [0.717, 1.165) is 180 Å². The molecule has 1 atom stereocenters. The van der Waals surface area contributed by atoms with Crippen molar-refractivity contribution in [3.05, 3.63) is 182 Å². The quantitative estimate of drug-likeness (QED) is 0.0261. The molecule has 464 valence electrons. The fraction of sp³-hybridized carbons (Fsp3) is 0.571. The van der Waals surface area contributed by atoms with Gasteiger partial charge in [0.25, 0.3) is 0 Å². The van der Waals surface area contributed by atoms with Crippen LogP contribution in [-0.4, -0.2) is 37.2 Å². The van der Waals surface area contributed by atoms with Gasteiger partial charge >= 0.3 is 17.9 Å². The molecule has 0 spiro atoms. The molecule has 0 aliphatic rings. The average Bonchev–Trinajstić information content (AvgIpc) is 3.49. The minimum Gasteiger partial charge on any atom is -0.462 e. The van der Waals surface area contributed by atoms with Gasteiger partial charge in [0.15, 0.2) is 6.10 Å². The number of carbonyl (C=O) groups excluding carboxylic acids is 3. The van der Waals surface area contributed by atoms with Gasteiger partial charge in [0, 0.05) is 19.3 Å². The Kier molecular flexibility index (Phi) is 64.4. The monoisotopic (exact) mass is 1140 g/mol.